The summed E-state index contributed by atoms with van der Waals surface area (Å²) >= 11 is 0. The topological polar surface area (TPSA) is 54.3 Å². The lowest BCUT2D eigenvalue weighted by Crippen LogP contribution is -2.19. The van der Waals surface area contributed by atoms with Crippen LogP contribution in [0.15, 0.2) is 42.5 Å². The van der Waals surface area contributed by atoms with Crippen LogP contribution in [0.3, 0.4) is 0 Å². The molecule has 0 fully saturated rings. The summed E-state index contributed by atoms with van der Waals surface area (Å²) in [5.41, 5.74) is 3.00. The molecule has 0 radical (unpaired) electrons. The molecule has 0 unspecified atom stereocenters. The second kappa shape index (κ2) is 6.50. The molecule has 0 aliphatic carbocycles. The van der Waals surface area contributed by atoms with Crippen molar-refractivity contribution in [3.63, 3.8) is 0 Å². The molecule has 4 heteroatoms. The fourth-order valence-electron chi connectivity index (χ4n) is 2.42. The molecule has 0 saturated carbocycles. The van der Waals surface area contributed by atoms with Crippen LogP contribution in [0.4, 0.5) is 0 Å². The van der Waals surface area contributed by atoms with Gasteiger partial charge in [-0.05, 0) is 42.3 Å². The summed E-state index contributed by atoms with van der Waals surface area (Å²) in [5.74, 6) is 1.63. The van der Waals surface area contributed by atoms with Gasteiger partial charge in [0, 0.05) is 12.6 Å². The first-order valence-corrected chi connectivity index (χ1v) is 7.38. The van der Waals surface area contributed by atoms with Crippen LogP contribution in [0.2, 0.25) is 0 Å². The van der Waals surface area contributed by atoms with E-state index >= 15 is 0 Å². The monoisotopic (exact) mass is 294 g/mol. The molecule has 0 saturated heterocycles. The molecule has 1 aliphatic heterocycles. The first-order chi connectivity index (χ1) is 10.8. The van der Waals surface area contributed by atoms with Crippen molar-refractivity contribution in [2.75, 3.05) is 13.2 Å². The van der Waals surface area contributed by atoms with E-state index in [4.69, 9.17) is 14.7 Å². The molecule has 0 spiro atoms. The van der Waals surface area contributed by atoms with Gasteiger partial charge in [0.2, 0.25) is 0 Å². The van der Waals surface area contributed by atoms with E-state index in [9.17, 15) is 0 Å². The van der Waals surface area contributed by atoms with Crippen LogP contribution in [0.25, 0.3) is 0 Å². The van der Waals surface area contributed by atoms with Crippen LogP contribution >= 0.6 is 0 Å². The highest BCUT2D eigenvalue weighted by molar-refractivity contribution is 5.44. The molecule has 0 amide bonds. The van der Waals surface area contributed by atoms with Gasteiger partial charge in [-0.3, -0.25) is 0 Å². The summed E-state index contributed by atoms with van der Waals surface area (Å²) in [6.45, 7) is 4.08. The predicted molar refractivity (Wildman–Crippen MR) is 83.8 cm³/mol. The van der Waals surface area contributed by atoms with Gasteiger partial charge >= 0.3 is 0 Å². The number of hydrogen-bond donors (Lipinski definition) is 1. The smallest absolute Gasteiger partial charge is 0.161 e. The normalized spacial score (nSPS) is 14.2. The summed E-state index contributed by atoms with van der Waals surface area (Å²) in [6.07, 6.45) is 0. The van der Waals surface area contributed by atoms with Crippen molar-refractivity contribution >= 4 is 0 Å². The molecule has 1 aliphatic rings. The lowest BCUT2D eigenvalue weighted by molar-refractivity contribution is 0.171. The Hall–Kier alpha value is -2.51. The number of fused-ring (bicyclic) bond motifs is 1. The number of rotatable bonds is 4. The zero-order valence-electron chi connectivity index (χ0n) is 12.5. The Bertz CT molecular complexity index is 689. The average Bonchev–Trinajstić information content (AvgIpc) is 2.59. The van der Waals surface area contributed by atoms with Crippen molar-refractivity contribution in [3.8, 4) is 17.6 Å². The highest BCUT2D eigenvalue weighted by Crippen LogP contribution is 2.32. The zero-order chi connectivity index (χ0) is 15.4. The molecule has 22 heavy (non-hydrogen) atoms. The molecule has 4 nitrogen and oxygen atoms in total. The fourth-order valence-corrected chi connectivity index (χ4v) is 2.42. The van der Waals surface area contributed by atoms with E-state index in [1.807, 2.05) is 36.4 Å². The lowest BCUT2D eigenvalue weighted by atomic mass is 10.1. The molecule has 112 valence electrons. The molecular formula is C18H18N2O2. The van der Waals surface area contributed by atoms with Crippen molar-refractivity contribution in [2.45, 2.75) is 19.5 Å². The molecular weight excluding hydrogens is 276 g/mol. The van der Waals surface area contributed by atoms with Crippen molar-refractivity contribution in [1.29, 1.82) is 5.26 Å². The molecule has 3 rings (SSSR count). The highest BCUT2D eigenvalue weighted by Gasteiger charge is 2.14. The molecule has 0 aromatic heterocycles. The Labute approximate surface area is 130 Å². The van der Waals surface area contributed by atoms with Gasteiger partial charge in [0.15, 0.2) is 11.5 Å². The second-order valence-corrected chi connectivity index (χ2v) is 5.31. The Morgan fingerprint density at radius 1 is 1.09 bits per heavy atom. The van der Waals surface area contributed by atoms with E-state index in [2.05, 4.69) is 24.4 Å². The number of nitrogens with zero attached hydrogens (tertiary/aromatic N) is 1. The summed E-state index contributed by atoms with van der Waals surface area (Å²) in [7, 11) is 0. The minimum atomic E-state index is 0.200. The maximum Gasteiger partial charge on any atom is 0.161 e. The summed E-state index contributed by atoms with van der Waals surface area (Å²) in [4.78, 5) is 0. The Balaban J connectivity index is 1.64. The first-order valence-electron chi connectivity index (χ1n) is 7.38. The quantitative estimate of drug-likeness (QED) is 0.941. The molecule has 2 aromatic carbocycles. The van der Waals surface area contributed by atoms with Crippen LogP contribution in [0, 0.1) is 11.3 Å². The average molecular weight is 294 g/mol. The Morgan fingerprint density at radius 2 is 1.82 bits per heavy atom. The number of hydrogen-bond acceptors (Lipinski definition) is 4. The third kappa shape index (κ3) is 3.21. The zero-order valence-corrected chi connectivity index (χ0v) is 12.5. The van der Waals surface area contributed by atoms with Crippen LogP contribution in [0.1, 0.15) is 29.7 Å². The van der Waals surface area contributed by atoms with E-state index in [-0.39, 0.29) is 6.04 Å². The number of nitriles is 1. The van der Waals surface area contributed by atoms with Gasteiger partial charge in [-0.1, -0.05) is 18.2 Å². The summed E-state index contributed by atoms with van der Waals surface area (Å²) in [6, 6.07) is 16.0. The van der Waals surface area contributed by atoms with Gasteiger partial charge in [-0.15, -0.1) is 0 Å². The van der Waals surface area contributed by atoms with Gasteiger partial charge in [0.25, 0.3) is 0 Å². The van der Waals surface area contributed by atoms with Gasteiger partial charge in [0.1, 0.15) is 13.2 Å². The van der Waals surface area contributed by atoms with Crippen LogP contribution in [-0.4, -0.2) is 13.2 Å². The van der Waals surface area contributed by atoms with Crippen molar-refractivity contribution < 1.29 is 9.47 Å². The third-order valence-electron chi connectivity index (χ3n) is 3.76. The van der Waals surface area contributed by atoms with Crippen LogP contribution < -0.4 is 14.8 Å². The number of benzene rings is 2. The van der Waals surface area contributed by atoms with Gasteiger partial charge in [-0.25, -0.2) is 0 Å². The molecule has 1 atom stereocenters. The maximum absolute atomic E-state index is 8.80. The largest absolute Gasteiger partial charge is 0.486 e. The van der Waals surface area contributed by atoms with E-state index in [1.165, 1.54) is 0 Å². The summed E-state index contributed by atoms with van der Waals surface area (Å²) < 4.78 is 11.2. The van der Waals surface area contributed by atoms with Gasteiger partial charge in [-0.2, -0.15) is 5.26 Å². The Kier molecular flexibility index (Phi) is 4.27. The third-order valence-corrected chi connectivity index (χ3v) is 3.76. The summed E-state index contributed by atoms with van der Waals surface area (Å²) in [5, 5.41) is 12.3. The highest BCUT2D eigenvalue weighted by atomic mass is 16.6. The minimum absolute atomic E-state index is 0.200. The van der Waals surface area contributed by atoms with Crippen molar-refractivity contribution in [1.82, 2.24) is 5.32 Å². The molecule has 0 bridgehead atoms. The second-order valence-electron chi connectivity index (χ2n) is 5.31. The number of ether oxygens (including phenoxy) is 2. The fraction of sp³-hybridized carbons (Fsp3) is 0.278. The van der Waals surface area contributed by atoms with E-state index < -0.39 is 0 Å². The minimum Gasteiger partial charge on any atom is -0.486 e. The maximum atomic E-state index is 8.80. The van der Waals surface area contributed by atoms with E-state index in [0.717, 1.165) is 29.2 Å². The lowest BCUT2D eigenvalue weighted by Gasteiger charge is -2.21. The Morgan fingerprint density at radius 3 is 2.55 bits per heavy atom. The first kappa shape index (κ1) is 14.4. The predicted octanol–water partition coefficient (Wildman–Crippen LogP) is 3.18. The molecule has 1 N–H and O–H groups in total. The molecule has 2 aromatic rings. The van der Waals surface area contributed by atoms with Crippen LogP contribution in [0.5, 0.6) is 11.5 Å². The van der Waals surface area contributed by atoms with Crippen molar-refractivity contribution in [2.24, 2.45) is 0 Å². The van der Waals surface area contributed by atoms with Gasteiger partial charge in [0.05, 0.1) is 11.6 Å². The van der Waals surface area contributed by atoms with E-state index in [1.54, 1.807) is 0 Å². The van der Waals surface area contributed by atoms with Crippen molar-refractivity contribution in [3.05, 3.63) is 59.2 Å². The number of nitrogens with one attached hydrogen (secondary N) is 1. The van der Waals surface area contributed by atoms with E-state index in [0.29, 0.717) is 18.8 Å². The SMILES string of the molecule is C[C@H](NCc1ccc(C#N)cc1)c1ccc2c(c1)OCCO2. The van der Waals surface area contributed by atoms with Crippen LogP contribution in [-0.2, 0) is 6.54 Å². The van der Waals surface area contributed by atoms with Gasteiger partial charge < -0.3 is 14.8 Å². The standard InChI is InChI=1S/C18H18N2O2/c1-13(20-12-15-4-2-14(11-19)3-5-15)16-6-7-17-18(10-16)22-9-8-21-17/h2-7,10,13,20H,8-9,12H2,1H3/t13-/m0/s1. The molecule has 1 heterocycles.